The lowest BCUT2D eigenvalue weighted by atomic mass is 10.1. The number of hydrogen-bond donors (Lipinski definition) is 2. The molecule has 2 aromatic carbocycles. The SMILES string of the molecule is COC(=O)c1ccc(Nc2nccc(Nc3cnc4ccccc4c3)n2)c(C)c1. The number of carbonyl (C=O) groups excluding carboxylic acids is 1. The van der Waals surface area contributed by atoms with Crippen LogP contribution in [0.1, 0.15) is 15.9 Å². The number of para-hydroxylation sites is 1. The number of benzene rings is 2. The molecule has 2 N–H and O–H groups in total. The lowest BCUT2D eigenvalue weighted by Crippen LogP contribution is -2.04. The molecule has 0 aliphatic heterocycles. The molecule has 7 heteroatoms. The van der Waals surface area contributed by atoms with E-state index in [2.05, 4.69) is 25.6 Å². The van der Waals surface area contributed by atoms with Crippen molar-refractivity contribution in [2.45, 2.75) is 6.92 Å². The van der Waals surface area contributed by atoms with Gasteiger partial charge in [0.1, 0.15) is 5.82 Å². The van der Waals surface area contributed by atoms with E-state index in [1.165, 1.54) is 7.11 Å². The van der Waals surface area contributed by atoms with Gasteiger partial charge in [0.05, 0.1) is 30.1 Å². The van der Waals surface area contributed by atoms with Crippen molar-refractivity contribution in [2.24, 2.45) is 0 Å². The zero-order valence-electron chi connectivity index (χ0n) is 16.0. The van der Waals surface area contributed by atoms with Crippen molar-refractivity contribution in [1.82, 2.24) is 15.0 Å². The van der Waals surface area contributed by atoms with Crippen molar-refractivity contribution in [3.05, 3.63) is 78.1 Å². The van der Waals surface area contributed by atoms with Crippen LogP contribution in [0.3, 0.4) is 0 Å². The number of carbonyl (C=O) groups is 1. The second kappa shape index (κ2) is 7.93. The van der Waals surface area contributed by atoms with Crippen molar-refractivity contribution < 1.29 is 9.53 Å². The predicted molar refractivity (Wildman–Crippen MR) is 113 cm³/mol. The summed E-state index contributed by atoms with van der Waals surface area (Å²) < 4.78 is 4.75. The molecule has 2 aromatic heterocycles. The molecule has 0 saturated heterocycles. The summed E-state index contributed by atoms with van der Waals surface area (Å²) in [6.07, 6.45) is 3.44. The summed E-state index contributed by atoms with van der Waals surface area (Å²) in [5.74, 6) is 0.715. The van der Waals surface area contributed by atoms with E-state index in [4.69, 9.17) is 4.74 Å². The maximum atomic E-state index is 11.7. The Balaban J connectivity index is 1.53. The molecule has 0 atom stereocenters. The predicted octanol–water partition coefficient (Wildman–Crippen LogP) is 4.61. The van der Waals surface area contributed by atoms with Crippen LogP contribution in [0.4, 0.5) is 23.1 Å². The maximum absolute atomic E-state index is 11.7. The minimum absolute atomic E-state index is 0.369. The highest BCUT2D eigenvalue weighted by Gasteiger charge is 2.09. The van der Waals surface area contributed by atoms with E-state index in [1.807, 2.05) is 37.3 Å². The second-order valence-electron chi connectivity index (χ2n) is 6.45. The number of rotatable bonds is 5. The number of nitrogens with one attached hydrogen (secondary N) is 2. The molecule has 2 heterocycles. The molecular weight excluding hydrogens is 366 g/mol. The van der Waals surface area contributed by atoms with Gasteiger partial charge in [-0.2, -0.15) is 4.98 Å². The van der Waals surface area contributed by atoms with Gasteiger partial charge < -0.3 is 15.4 Å². The summed E-state index contributed by atoms with van der Waals surface area (Å²) in [7, 11) is 1.36. The fourth-order valence-corrected chi connectivity index (χ4v) is 2.95. The number of pyridine rings is 1. The van der Waals surface area contributed by atoms with Crippen LogP contribution in [-0.2, 0) is 4.74 Å². The third kappa shape index (κ3) is 4.14. The smallest absolute Gasteiger partial charge is 0.337 e. The monoisotopic (exact) mass is 385 g/mol. The summed E-state index contributed by atoms with van der Waals surface area (Å²) in [4.78, 5) is 24.9. The highest BCUT2D eigenvalue weighted by atomic mass is 16.5. The molecule has 0 spiro atoms. The van der Waals surface area contributed by atoms with Gasteiger partial charge in [-0.25, -0.2) is 9.78 Å². The lowest BCUT2D eigenvalue weighted by molar-refractivity contribution is 0.0600. The highest BCUT2D eigenvalue weighted by Crippen LogP contribution is 2.22. The molecule has 7 nitrogen and oxygen atoms in total. The number of hydrogen-bond acceptors (Lipinski definition) is 7. The quantitative estimate of drug-likeness (QED) is 0.485. The summed E-state index contributed by atoms with van der Waals surface area (Å²) >= 11 is 0. The number of esters is 1. The van der Waals surface area contributed by atoms with Crippen molar-refractivity contribution in [3.8, 4) is 0 Å². The van der Waals surface area contributed by atoms with Gasteiger partial charge in [-0.15, -0.1) is 0 Å². The first-order valence-corrected chi connectivity index (χ1v) is 9.03. The van der Waals surface area contributed by atoms with Gasteiger partial charge in [0.2, 0.25) is 5.95 Å². The Morgan fingerprint density at radius 2 is 1.86 bits per heavy atom. The van der Waals surface area contributed by atoms with E-state index in [0.29, 0.717) is 17.3 Å². The van der Waals surface area contributed by atoms with Gasteiger partial charge in [0.15, 0.2) is 0 Å². The second-order valence-corrected chi connectivity index (χ2v) is 6.45. The molecule has 0 unspecified atom stereocenters. The van der Waals surface area contributed by atoms with E-state index in [9.17, 15) is 4.79 Å². The van der Waals surface area contributed by atoms with Crippen LogP contribution >= 0.6 is 0 Å². The van der Waals surface area contributed by atoms with Gasteiger partial charge in [0.25, 0.3) is 0 Å². The number of fused-ring (bicyclic) bond motifs is 1. The van der Waals surface area contributed by atoms with Gasteiger partial charge in [0, 0.05) is 17.3 Å². The maximum Gasteiger partial charge on any atom is 0.337 e. The highest BCUT2D eigenvalue weighted by molar-refractivity contribution is 5.90. The van der Waals surface area contributed by atoms with E-state index in [1.54, 1.807) is 36.7 Å². The van der Waals surface area contributed by atoms with Crippen molar-refractivity contribution in [2.75, 3.05) is 17.7 Å². The summed E-state index contributed by atoms with van der Waals surface area (Å²) in [5, 5.41) is 7.48. The minimum atomic E-state index is -0.369. The van der Waals surface area contributed by atoms with Crippen LogP contribution < -0.4 is 10.6 Å². The Morgan fingerprint density at radius 3 is 2.69 bits per heavy atom. The molecule has 0 amide bonds. The lowest BCUT2D eigenvalue weighted by Gasteiger charge is -2.11. The first-order chi connectivity index (χ1) is 14.1. The van der Waals surface area contributed by atoms with Gasteiger partial charge in [-0.1, -0.05) is 18.2 Å². The van der Waals surface area contributed by atoms with Gasteiger partial charge in [-0.05, 0) is 48.9 Å². The van der Waals surface area contributed by atoms with Crippen LogP contribution in [0.25, 0.3) is 10.9 Å². The summed E-state index contributed by atoms with van der Waals surface area (Å²) in [6, 6.07) is 17.0. The van der Waals surface area contributed by atoms with Crippen LogP contribution in [0.5, 0.6) is 0 Å². The Kier molecular flexibility index (Phi) is 5.03. The topological polar surface area (TPSA) is 89.0 Å². The van der Waals surface area contributed by atoms with E-state index >= 15 is 0 Å². The Labute approximate surface area is 167 Å². The van der Waals surface area contributed by atoms with Gasteiger partial charge in [-0.3, -0.25) is 4.98 Å². The number of aromatic nitrogens is 3. The average molecular weight is 385 g/mol. The minimum Gasteiger partial charge on any atom is -0.465 e. The standard InChI is InChI=1S/C22H19N5O2/c1-14-11-16(21(28)29-2)7-8-18(14)26-22-23-10-9-20(27-22)25-17-12-15-5-3-4-6-19(15)24-13-17/h3-13H,1-2H3,(H2,23,25,26,27). The van der Waals surface area contributed by atoms with E-state index in [0.717, 1.165) is 27.8 Å². The van der Waals surface area contributed by atoms with Crippen LogP contribution in [0.2, 0.25) is 0 Å². The van der Waals surface area contributed by atoms with Crippen molar-refractivity contribution in [3.63, 3.8) is 0 Å². The number of methoxy groups -OCH3 is 1. The first-order valence-electron chi connectivity index (χ1n) is 9.03. The molecule has 29 heavy (non-hydrogen) atoms. The van der Waals surface area contributed by atoms with E-state index < -0.39 is 0 Å². The third-order valence-corrected chi connectivity index (χ3v) is 4.41. The average Bonchev–Trinajstić information content (AvgIpc) is 2.75. The zero-order chi connectivity index (χ0) is 20.2. The Morgan fingerprint density at radius 1 is 1.00 bits per heavy atom. The van der Waals surface area contributed by atoms with Gasteiger partial charge >= 0.3 is 5.97 Å². The fraction of sp³-hybridized carbons (Fsp3) is 0.0909. The number of ether oxygens (including phenoxy) is 1. The fourth-order valence-electron chi connectivity index (χ4n) is 2.95. The van der Waals surface area contributed by atoms with Crippen LogP contribution in [-0.4, -0.2) is 28.0 Å². The summed E-state index contributed by atoms with van der Waals surface area (Å²) in [6.45, 7) is 1.90. The normalized spacial score (nSPS) is 10.6. The third-order valence-electron chi connectivity index (χ3n) is 4.41. The molecule has 0 bridgehead atoms. The molecule has 0 aliphatic carbocycles. The van der Waals surface area contributed by atoms with Crippen molar-refractivity contribution in [1.29, 1.82) is 0 Å². The number of nitrogens with zero attached hydrogens (tertiary/aromatic N) is 3. The first kappa shape index (κ1) is 18.4. The molecule has 4 aromatic rings. The summed E-state index contributed by atoms with van der Waals surface area (Å²) in [5.41, 5.74) is 3.97. The number of aryl methyl sites for hydroxylation is 1. The molecular formula is C22H19N5O2. The zero-order valence-corrected chi connectivity index (χ0v) is 16.0. The Bertz CT molecular complexity index is 1190. The molecule has 0 fully saturated rings. The van der Waals surface area contributed by atoms with E-state index in [-0.39, 0.29) is 5.97 Å². The largest absolute Gasteiger partial charge is 0.465 e. The Hall–Kier alpha value is -4.00. The molecule has 4 rings (SSSR count). The molecule has 0 saturated carbocycles. The molecule has 0 radical (unpaired) electrons. The van der Waals surface area contributed by atoms with Crippen molar-refractivity contribution >= 4 is 40.0 Å². The number of anilines is 4. The molecule has 0 aliphatic rings. The van der Waals surface area contributed by atoms with Crippen LogP contribution in [0, 0.1) is 6.92 Å². The van der Waals surface area contributed by atoms with Crippen LogP contribution in [0.15, 0.2) is 67.0 Å². The molecule has 144 valence electrons.